The number of nitrogens with one attached hydrogen (secondary N) is 1. The molecular weight excluding hydrogens is 198 g/mol. The lowest BCUT2D eigenvalue weighted by Crippen LogP contribution is -2.51. The van der Waals surface area contributed by atoms with Gasteiger partial charge in [-0.25, -0.2) is 0 Å². The molecule has 2 fully saturated rings. The zero-order chi connectivity index (χ0) is 9.10. The molecule has 2 rings (SSSR count). The molecule has 2 aliphatic rings. The van der Waals surface area contributed by atoms with Gasteiger partial charge in [-0.15, -0.1) is 12.4 Å². The van der Waals surface area contributed by atoms with Crippen LogP contribution in [0.1, 0.15) is 25.7 Å². The van der Waals surface area contributed by atoms with Gasteiger partial charge in [0.25, 0.3) is 0 Å². The molecule has 1 saturated heterocycles. The monoisotopic (exact) mass is 219 g/mol. The zero-order valence-corrected chi connectivity index (χ0v) is 9.56. The van der Waals surface area contributed by atoms with Crippen LogP contribution in [0.4, 0.5) is 0 Å². The van der Waals surface area contributed by atoms with E-state index in [0.717, 1.165) is 19.1 Å². The van der Waals surface area contributed by atoms with Crippen molar-refractivity contribution in [3.8, 4) is 0 Å². The minimum absolute atomic E-state index is 0. The number of hydrogen-bond acceptors (Lipinski definition) is 3. The Balaban J connectivity index is 0.000000980. The third kappa shape index (κ3) is 3.09. The van der Waals surface area contributed by atoms with Gasteiger partial charge < -0.3 is 11.1 Å². The Kier molecular flexibility index (Phi) is 5.17. The Hall–Kier alpha value is 0.170. The number of hydrogen-bond donors (Lipinski definition) is 2. The first-order valence-electron chi connectivity index (χ1n) is 5.56. The Labute approximate surface area is 92.8 Å². The van der Waals surface area contributed by atoms with Crippen LogP contribution < -0.4 is 11.1 Å². The molecule has 4 heteroatoms. The average Bonchev–Trinajstić information content (AvgIpc) is 2.19. The Bertz CT molecular complexity index is 159. The Morgan fingerprint density at radius 3 is 2.50 bits per heavy atom. The molecule has 14 heavy (non-hydrogen) atoms. The summed E-state index contributed by atoms with van der Waals surface area (Å²) >= 11 is 0. The summed E-state index contributed by atoms with van der Waals surface area (Å²) in [6.07, 6.45) is 5.16. The topological polar surface area (TPSA) is 41.3 Å². The molecular formula is C10H22ClN3. The Morgan fingerprint density at radius 2 is 1.86 bits per heavy atom. The highest BCUT2D eigenvalue weighted by Crippen LogP contribution is 2.21. The summed E-state index contributed by atoms with van der Waals surface area (Å²) < 4.78 is 0. The highest BCUT2D eigenvalue weighted by atomic mass is 35.5. The second-order valence-electron chi connectivity index (χ2n) is 4.37. The van der Waals surface area contributed by atoms with E-state index in [9.17, 15) is 0 Å². The number of piperazine rings is 1. The lowest BCUT2D eigenvalue weighted by molar-refractivity contribution is 0.131. The van der Waals surface area contributed by atoms with Gasteiger partial charge in [0.2, 0.25) is 0 Å². The second kappa shape index (κ2) is 5.91. The molecule has 3 N–H and O–H groups in total. The number of nitrogens with two attached hydrogens (primary N) is 1. The average molecular weight is 220 g/mol. The van der Waals surface area contributed by atoms with Crippen molar-refractivity contribution in [2.45, 2.75) is 37.8 Å². The molecule has 0 aromatic carbocycles. The van der Waals surface area contributed by atoms with E-state index in [1.165, 1.54) is 38.8 Å². The van der Waals surface area contributed by atoms with Crippen LogP contribution in [0.15, 0.2) is 0 Å². The molecule has 2 atom stereocenters. The van der Waals surface area contributed by atoms with Crippen LogP contribution in [0.5, 0.6) is 0 Å². The van der Waals surface area contributed by atoms with Crippen LogP contribution in [0.2, 0.25) is 0 Å². The molecule has 0 bridgehead atoms. The highest BCUT2D eigenvalue weighted by Gasteiger charge is 2.25. The Morgan fingerprint density at radius 1 is 1.14 bits per heavy atom. The largest absolute Gasteiger partial charge is 0.328 e. The van der Waals surface area contributed by atoms with Crippen LogP contribution in [0.3, 0.4) is 0 Å². The molecule has 0 radical (unpaired) electrons. The molecule has 1 heterocycles. The molecule has 3 nitrogen and oxygen atoms in total. The quantitative estimate of drug-likeness (QED) is 0.678. The van der Waals surface area contributed by atoms with E-state index >= 15 is 0 Å². The highest BCUT2D eigenvalue weighted by molar-refractivity contribution is 5.85. The zero-order valence-electron chi connectivity index (χ0n) is 8.74. The number of nitrogens with zero attached hydrogens (tertiary/aromatic N) is 1. The van der Waals surface area contributed by atoms with Crippen molar-refractivity contribution in [2.24, 2.45) is 5.73 Å². The fourth-order valence-corrected chi connectivity index (χ4v) is 2.58. The molecule has 0 unspecified atom stereocenters. The third-order valence-corrected chi connectivity index (χ3v) is 3.36. The van der Waals surface area contributed by atoms with Crippen LogP contribution in [0, 0.1) is 0 Å². The lowest BCUT2D eigenvalue weighted by Gasteiger charge is -2.38. The maximum atomic E-state index is 5.99. The number of rotatable bonds is 1. The lowest BCUT2D eigenvalue weighted by atomic mass is 9.90. The van der Waals surface area contributed by atoms with Gasteiger partial charge in [0.05, 0.1) is 0 Å². The molecule has 0 aromatic heterocycles. The molecule has 1 aliphatic carbocycles. The van der Waals surface area contributed by atoms with Gasteiger partial charge in [0.1, 0.15) is 0 Å². The van der Waals surface area contributed by atoms with E-state index < -0.39 is 0 Å². The summed E-state index contributed by atoms with van der Waals surface area (Å²) in [4.78, 5) is 2.62. The van der Waals surface area contributed by atoms with Gasteiger partial charge in [-0.3, -0.25) is 4.90 Å². The summed E-state index contributed by atoms with van der Waals surface area (Å²) in [5.74, 6) is 0. The maximum Gasteiger partial charge on any atom is 0.0111 e. The third-order valence-electron chi connectivity index (χ3n) is 3.36. The minimum Gasteiger partial charge on any atom is -0.328 e. The molecule has 0 amide bonds. The van der Waals surface area contributed by atoms with Crippen molar-refractivity contribution >= 4 is 12.4 Å². The van der Waals surface area contributed by atoms with Gasteiger partial charge in [0, 0.05) is 38.3 Å². The van der Waals surface area contributed by atoms with E-state index in [4.69, 9.17) is 5.73 Å². The van der Waals surface area contributed by atoms with Crippen LogP contribution in [0.25, 0.3) is 0 Å². The summed E-state index contributed by atoms with van der Waals surface area (Å²) in [5, 5.41) is 3.39. The number of halogens is 1. The molecule has 1 aliphatic heterocycles. The first-order valence-corrected chi connectivity index (χ1v) is 5.56. The van der Waals surface area contributed by atoms with Gasteiger partial charge in [-0.2, -0.15) is 0 Å². The normalized spacial score (nSPS) is 34.9. The summed E-state index contributed by atoms with van der Waals surface area (Å²) in [6, 6.07) is 1.25. The van der Waals surface area contributed by atoms with Crippen molar-refractivity contribution in [1.29, 1.82) is 0 Å². The van der Waals surface area contributed by atoms with Gasteiger partial charge in [0.15, 0.2) is 0 Å². The van der Waals surface area contributed by atoms with E-state index in [-0.39, 0.29) is 12.4 Å². The maximum absolute atomic E-state index is 5.99. The summed E-state index contributed by atoms with van der Waals surface area (Å²) in [7, 11) is 0. The van der Waals surface area contributed by atoms with Crippen molar-refractivity contribution < 1.29 is 0 Å². The van der Waals surface area contributed by atoms with E-state index in [1.54, 1.807) is 0 Å². The standard InChI is InChI=1S/C10H21N3.ClH/c11-9-2-1-3-10(8-9)13-6-4-12-5-7-13;/h9-10,12H,1-8,11H2;1H/t9-,10-;/m1./s1. The van der Waals surface area contributed by atoms with Crippen LogP contribution in [-0.4, -0.2) is 43.2 Å². The van der Waals surface area contributed by atoms with Gasteiger partial charge in [-0.05, 0) is 19.3 Å². The summed E-state index contributed by atoms with van der Waals surface area (Å²) in [6.45, 7) is 4.76. The first-order chi connectivity index (χ1) is 6.36. The van der Waals surface area contributed by atoms with E-state index in [2.05, 4.69) is 10.2 Å². The van der Waals surface area contributed by atoms with E-state index in [1.807, 2.05) is 0 Å². The van der Waals surface area contributed by atoms with Crippen LogP contribution in [-0.2, 0) is 0 Å². The first kappa shape index (κ1) is 12.2. The predicted molar refractivity (Wildman–Crippen MR) is 61.9 cm³/mol. The van der Waals surface area contributed by atoms with Gasteiger partial charge >= 0.3 is 0 Å². The molecule has 84 valence electrons. The van der Waals surface area contributed by atoms with E-state index in [0.29, 0.717) is 6.04 Å². The molecule has 0 spiro atoms. The summed E-state index contributed by atoms with van der Waals surface area (Å²) in [5.41, 5.74) is 5.99. The SMILES string of the molecule is Cl.N[C@@H]1CCC[C@@H](N2CCNCC2)C1. The fraction of sp³-hybridized carbons (Fsp3) is 1.00. The van der Waals surface area contributed by atoms with Crippen molar-refractivity contribution in [3.63, 3.8) is 0 Å². The molecule has 0 aromatic rings. The molecule has 1 saturated carbocycles. The van der Waals surface area contributed by atoms with Gasteiger partial charge in [-0.1, -0.05) is 6.42 Å². The second-order valence-corrected chi connectivity index (χ2v) is 4.37. The fourth-order valence-electron chi connectivity index (χ4n) is 2.58. The van der Waals surface area contributed by atoms with Crippen LogP contribution >= 0.6 is 12.4 Å². The smallest absolute Gasteiger partial charge is 0.0111 e. The van der Waals surface area contributed by atoms with Crippen molar-refractivity contribution in [1.82, 2.24) is 10.2 Å². The minimum atomic E-state index is 0. The van der Waals surface area contributed by atoms with Crippen molar-refractivity contribution in [2.75, 3.05) is 26.2 Å². The van der Waals surface area contributed by atoms with Crippen molar-refractivity contribution in [3.05, 3.63) is 0 Å². The predicted octanol–water partition coefficient (Wildman–Crippen LogP) is 0.583.